The number of piperazine rings is 1. The number of aryl methyl sites for hydroxylation is 1. The molecule has 1 fully saturated rings. The number of amides is 1. The van der Waals surface area contributed by atoms with Crippen LogP contribution >= 0.6 is 0 Å². The van der Waals surface area contributed by atoms with Crippen molar-refractivity contribution in [3.63, 3.8) is 0 Å². The van der Waals surface area contributed by atoms with Gasteiger partial charge in [0, 0.05) is 44.8 Å². The van der Waals surface area contributed by atoms with Gasteiger partial charge in [0.1, 0.15) is 0 Å². The minimum atomic E-state index is -0.00622. The Bertz CT molecular complexity index is 843. The molecule has 118 valence electrons. The molecule has 4 rings (SSSR count). The summed E-state index contributed by atoms with van der Waals surface area (Å²) in [5, 5.41) is 12.2. The van der Waals surface area contributed by atoms with E-state index in [-0.39, 0.29) is 5.91 Å². The third kappa shape index (κ3) is 2.44. The van der Waals surface area contributed by atoms with Gasteiger partial charge in [-0.25, -0.2) is 0 Å². The number of aromatic amines is 1. The van der Waals surface area contributed by atoms with Crippen LogP contribution in [0, 0.1) is 0 Å². The monoisotopic (exact) mass is 310 g/mol. The molecule has 3 heterocycles. The zero-order valence-electron chi connectivity index (χ0n) is 12.9. The molecule has 0 aliphatic carbocycles. The van der Waals surface area contributed by atoms with E-state index in [9.17, 15) is 4.79 Å². The van der Waals surface area contributed by atoms with E-state index in [2.05, 4.69) is 20.2 Å². The highest BCUT2D eigenvalue weighted by Crippen LogP contribution is 2.19. The molecular formula is C16H18N6O. The molecule has 0 saturated carbocycles. The second-order valence-corrected chi connectivity index (χ2v) is 5.77. The Morgan fingerprint density at radius 1 is 1.17 bits per heavy atom. The maximum absolute atomic E-state index is 12.7. The van der Waals surface area contributed by atoms with E-state index in [0.717, 1.165) is 29.7 Å². The van der Waals surface area contributed by atoms with E-state index < -0.39 is 0 Å². The van der Waals surface area contributed by atoms with Crippen LogP contribution in [0.4, 0.5) is 5.69 Å². The maximum Gasteiger partial charge on any atom is 0.275 e. The van der Waals surface area contributed by atoms with Crippen molar-refractivity contribution in [3.8, 4) is 0 Å². The Labute approximate surface area is 133 Å². The van der Waals surface area contributed by atoms with Gasteiger partial charge < -0.3 is 9.80 Å². The normalized spacial score (nSPS) is 15.3. The number of carbonyl (C=O) groups excluding carboxylic acids is 1. The predicted molar refractivity (Wildman–Crippen MR) is 87.4 cm³/mol. The van der Waals surface area contributed by atoms with Crippen molar-refractivity contribution < 1.29 is 4.79 Å². The summed E-state index contributed by atoms with van der Waals surface area (Å²) in [6, 6.07) is 7.72. The summed E-state index contributed by atoms with van der Waals surface area (Å²) in [6.07, 6.45) is 3.86. The summed E-state index contributed by atoms with van der Waals surface area (Å²) in [5.41, 5.74) is 2.50. The first-order valence-corrected chi connectivity index (χ1v) is 7.68. The number of anilines is 1. The van der Waals surface area contributed by atoms with Gasteiger partial charge in [0.05, 0.1) is 17.4 Å². The van der Waals surface area contributed by atoms with Gasteiger partial charge in [-0.15, -0.1) is 0 Å². The third-order valence-electron chi connectivity index (χ3n) is 4.30. The van der Waals surface area contributed by atoms with Crippen molar-refractivity contribution in [2.45, 2.75) is 0 Å². The van der Waals surface area contributed by atoms with E-state index in [1.54, 1.807) is 4.68 Å². The molecule has 0 bridgehead atoms. The molecule has 1 saturated heterocycles. The number of para-hydroxylation sites is 1. The molecule has 1 amide bonds. The number of hydrogen-bond acceptors (Lipinski definition) is 4. The molecule has 3 aromatic rings. The molecule has 2 aromatic heterocycles. The van der Waals surface area contributed by atoms with Crippen molar-refractivity contribution in [2.75, 3.05) is 31.1 Å². The summed E-state index contributed by atoms with van der Waals surface area (Å²) in [6.45, 7) is 2.99. The van der Waals surface area contributed by atoms with Crippen molar-refractivity contribution in [2.24, 2.45) is 7.05 Å². The van der Waals surface area contributed by atoms with Crippen molar-refractivity contribution in [1.29, 1.82) is 0 Å². The minimum absolute atomic E-state index is 0.00622. The Hall–Kier alpha value is -2.83. The zero-order chi connectivity index (χ0) is 15.8. The number of nitrogens with one attached hydrogen (secondary N) is 1. The maximum atomic E-state index is 12.7. The lowest BCUT2D eigenvalue weighted by molar-refractivity contribution is 0.0742. The average Bonchev–Trinajstić information content (AvgIpc) is 3.21. The van der Waals surface area contributed by atoms with Crippen LogP contribution in [0.15, 0.2) is 36.7 Å². The summed E-state index contributed by atoms with van der Waals surface area (Å²) >= 11 is 0. The van der Waals surface area contributed by atoms with Gasteiger partial charge in [-0.1, -0.05) is 18.2 Å². The van der Waals surface area contributed by atoms with Crippen LogP contribution in [0.25, 0.3) is 10.9 Å². The van der Waals surface area contributed by atoms with Crippen LogP contribution in [-0.2, 0) is 7.05 Å². The Balaban J connectivity index is 1.49. The fourth-order valence-corrected chi connectivity index (χ4v) is 3.02. The Kier molecular flexibility index (Phi) is 3.25. The molecule has 1 aliphatic heterocycles. The van der Waals surface area contributed by atoms with Crippen LogP contribution in [0.2, 0.25) is 0 Å². The largest absolute Gasteiger partial charge is 0.365 e. The van der Waals surface area contributed by atoms with Gasteiger partial charge >= 0.3 is 0 Å². The number of aromatic nitrogens is 4. The zero-order valence-corrected chi connectivity index (χ0v) is 12.9. The molecule has 7 heteroatoms. The molecule has 1 N–H and O–H groups in total. The first-order valence-electron chi connectivity index (χ1n) is 7.68. The number of H-pyrrole nitrogens is 1. The summed E-state index contributed by atoms with van der Waals surface area (Å²) in [4.78, 5) is 16.9. The average molecular weight is 310 g/mol. The second kappa shape index (κ2) is 5.42. The van der Waals surface area contributed by atoms with Crippen molar-refractivity contribution in [1.82, 2.24) is 24.9 Å². The number of nitrogens with zero attached hydrogens (tertiary/aromatic N) is 5. The van der Waals surface area contributed by atoms with Crippen LogP contribution < -0.4 is 4.90 Å². The molecule has 7 nitrogen and oxygen atoms in total. The van der Waals surface area contributed by atoms with Crippen LogP contribution in [0.3, 0.4) is 0 Å². The lowest BCUT2D eigenvalue weighted by Crippen LogP contribution is -2.48. The van der Waals surface area contributed by atoms with Crippen molar-refractivity contribution in [3.05, 3.63) is 42.4 Å². The third-order valence-corrected chi connectivity index (χ3v) is 4.30. The number of rotatable bonds is 2. The summed E-state index contributed by atoms with van der Waals surface area (Å²) in [5.74, 6) is -0.00622. The fraction of sp³-hybridized carbons (Fsp3) is 0.312. The standard InChI is InChI=1S/C16H18N6O/c1-20-11-12(10-17-20)21-6-8-22(9-7-21)16(23)15-13-4-2-3-5-14(13)18-19-15/h2-5,10-11H,6-9H2,1H3,(H,18,19). The number of carbonyl (C=O) groups is 1. The molecule has 0 atom stereocenters. The van der Waals surface area contributed by atoms with Gasteiger partial charge in [-0.3, -0.25) is 14.6 Å². The lowest BCUT2D eigenvalue weighted by Gasteiger charge is -2.35. The van der Waals surface area contributed by atoms with Crippen LogP contribution in [0.1, 0.15) is 10.5 Å². The van der Waals surface area contributed by atoms with Crippen molar-refractivity contribution >= 4 is 22.5 Å². The SMILES string of the molecule is Cn1cc(N2CCN(C(=O)c3n[nH]c4ccccc34)CC2)cn1. The van der Waals surface area contributed by atoms with E-state index in [1.807, 2.05) is 48.6 Å². The van der Waals surface area contributed by atoms with Gasteiger partial charge in [0.15, 0.2) is 5.69 Å². The summed E-state index contributed by atoms with van der Waals surface area (Å²) in [7, 11) is 1.91. The second-order valence-electron chi connectivity index (χ2n) is 5.77. The predicted octanol–water partition coefficient (Wildman–Crippen LogP) is 1.26. The topological polar surface area (TPSA) is 70.1 Å². The van der Waals surface area contributed by atoms with Crippen LogP contribution in [0.5, 0.6) is 0 Å². The van der Waals surface area contributed by atoms with E-state index >= 15 is 0 Å². The quantitative estimate of drug-likeness (QED) is 0.773. The van der Waals surface area contributed by atoms with E-state index in [4.69, 9.17) is 0 Å². The summed E-state index contributed by atoms with van der Waals surface area (Å²) < 4.78 is 1.79. The first-order chi connectivity index (χ1) is 11.2. The van der Waals surface area contributed by atoms with Gasteiger partial charge in [-0.05, 0) is 6.07 Å². The van der Waals surface area contributed by atoms with Gasteiger partial charge in [0.25, 0.3) is 5.91 Å². The minimum Gasteiger partial charge on any atom is -0.365 e. The Morgan fingerprint density at radius 3 is 2.70 bits per heavy atom. The van der Waals surface area contributed by atoms with Crippen LogP contribution in [-0.4, -0.2) is 57.0 Å². The number of benzene rings is 1. The lowest BCUT2D eigenvalue weighted by atomic mass is 10.2. The molecule has 23 heavy (non-hydrogen) atoms. The van der Waals surface area contributed by atoms with Gasteiger partial charge in [-0.2, -0.15) is 10.2 Å². The fourth-order valence-electron chi connectivity index (χ4n) is 3.02. The number of fused-ring (bicyclic) bond motifs is 1. The molecule has 0 radical (unpaired) electrons. The highest BCUT2D eigenvalue weighted by molar-refractivity contribution is 6.04. The highest BCUT2D eigenvalue weighted by atomic mass is 16.2. The highest BCUT2D eigenvalue weighted by Gasteiger charge is 2.25. The molecule has 0 unspecified atom stereocenters. The van der Waals surface area contributed by atoms with E-state index in [1.165, 1.54) is 0 Å². The number of hydrogen-bond donors (Lipinski definition) is 1. The smallest absolute Gasteiger partial charge is 0.275 e. The molecule has 1 aliphatic rings. The Morgan fingerprint density at radius 2 is 1.96 bits per heavy atom. The molecular weight excluding hydrogens is 292 g/mol. The first kappa shape index (κ1) is 13.8. The molecule has 0 spiro atoms. The molecule has 1 aromatic carbocycles. The van der Waals surface area contributed by atoms with Gasteiger partial charge in [0.2, 0.25) is 0 Å². The van der Waals surface area contributed by atoms with E-state index in [0.29, 0.717) is 18.8 Å².